The minimum atomic E-state index is -5.18. The van der Waals surface area contributed by atoms with Crippen LogP contribution in [0.5, 0.6) is 34.5 Å². The molecule has 0 aliphatic carbocycles. The van der Waals surface area contributed by atoms with Gasteiger partial charge < -0.3 is 34.0 Å². The average molecular weight is 1090 g/mol. The van der Waals surface area contributed by atoms with Crippen LogP contribution in [0.3, 0.4) is 0 Å². The van der Waals surface area contributed by atoms with Gasteiger partial charge in [-0.2, -0.15) is 0 Å². The van der Waals surface area contributed by atoms with E-state index >= 15 is 16.8 Å². The first-order valence-electron chi connectivity index (χ1n) is 30.4. The Kier molecular flexibility index (Phi) is 39.2. The van der Waals surface area contributed by atoms with Gasteiger partial charge in [-0.1, -0.05) is 234 Å². The Labute approximate surface area is 458 Å². The van der Waals surface area contributed by atoms with Crippen LogP contribution >= 0.6 is 0 Å². The molecule has 0 atom stereocenters. The van der Waals surface area contributed by atoms with E-state index in [0.29, 0.717) is 37.6 Å². The highest BCUT2D eigenvalue weighted by atomic mass is 32.3. The standard InChI is InChI=1S/C61H106N2O10S2/c1-7-13-19-25-31-37-47-68-53-43-45-55(59(72-51-41-35-29-23-17-11-5)57(53)70-49-39-33-27-21-15-9-3)74(64,65)61(63-62)75(66,67)56-46-44-54(69-48-38-32-26-20-14-8-2)58(71-50-40-34-28-22-16-10-4)60(56)73-52-42-36-30-24-18-12-6/h43-46H,7-42,47-52H2,1-6H3. The molecule has 0 aromatic heterocycles. The van der Waals surface area contributed by atoms with Crippen molar-refractivity contribution < 1.29 is 50.0 Å². The molecule has 2 aromatic rings. The molecule has 0 heterocycles. The molecule has 0 N–H and O–H groups in total. The Balaban J connectivity index is 2.80. The summed E-state index contributed by atoms with van der Waals surface area (Å²) in [5, 5.41) is 0. The second-order valence-electron chi connectivity index (χ2n) is 20.5. The van der Waals surface area contributed by atoms with E-state index in [-0.39, 0.29) is 49.4 Å². The van der Waals surface area contributed by atoms with Crippen molar-refractivity contribution in [1.29, 1.82) is 0 Å². The van der Waals surface area contributed by atoms with Gasteiger partial charge in [-0.05, 0) is 62.8 Å². The van der Waals surface area contributed by atoms with Crippen LogP contribution in [0.15, 0.2) is 34.1 Å². The Morgan fingerprint density at radius 2 is 0.533 bits per heavy atom. The molecule has 0 amide bonds. The quantitative estimate of drug-likeness (QED) is 0.0205. The average Bonchev–Trinajstić information content (AvgIpc) is 3.39. The minimum absolute atomic E-state index is 0.0940. The summed E-state index contributed by atoms with van der Waals surface area (Å²) in [7, 11) is -10.4. The minimum Gasteiger partial charge on any atom is -0.490 e. The van der Waals surface area contributed by atoms with Crippen molar-refractivity contribution in [2.45, 2.75) is 282 Å². The Morgan fingerprint density at radius 1 is 0.320 bits per heavy atom. The van der Waals surface area contributed by atoms with Crippen molar-refractivity contribution >= 4 is 24.1 Å². The molecule has 2 rings (SSSR count). The van der Waals surface area contributed by atoms with Gasteiger partial charge in [0.05, 0.1) is 39.6 Å². The summed E-state index contributed by atoms with van der Waals surface area (Å²) in [6.07, 6.45) is 36.6. The molecule has 2 aromatic carbocycles. The van der Waals surface area contributed by atoms with Gasteiger partial charge in [-0.3, -0.25) is 0 Å². The first-order chi connectivity index (χ1) is 36.6. The molecule has 0 radical (unpaired) electrons. The summed E-state index contributed by atoms with van der Waals surface area (Å²) in [5.41, 5.74) is 10.8. The van der Waals surface area contributed by atoms with Gasteiger partial charge in [0, 0.05) is 0 Å². The van der Waals surface area contributed by atoms with E-state index in [4.69, 9.17) is 28.4 Å². The van der Waals surface area contributed by atoms with Gasteiger partial charge in [0.15, 0.2) is 23.0 Å². The van der Waals surface area contributed by atoms with E-state index in [1.54, 1.807) is 0 Å². The molecule has 12 nitrogen and oxygen atoms in total. The van der Waals surface area contributed by atoms with Crippen molar-refractivity contribution in [2.75, 3.05) is 39.6 Å². The molecule has 432 valence electrons. The van der Waals surface area contributed by atoms with Crippen molar-refractivity contribution in [2.24, 2.45) is 0 Å². The summed E-state index contributed by atoms with van der Waals surface area (Å²) in [6.45, 7) is 14.7. The maximum Gasteiger partial charge on any atom is 0.504 e. The summed E-state index contributed by atoms with van der Waals surface area (Å²) in [5.74, 6) is 0.490. The first kappa shape index (κ1) is 67.6. The molecule has 0 bridgehead atoms. The lowest BCUT2D eigenvalue weighted by Crippen LogP contribution is -2.27. The third kappa shape index (κ3) is 27.1. The fraction of sp³-hybridized carbons (Fsp3) is 0.787. The molecule has 0 fully saturated rings. The van der Waals surface area contributed by atoms with Gasteiger partial charge in [-0.25, -0.2) is 16.8 Å². The van der Waals surface area contributed by atoms with Crippen LogP contribution in [0, 0.1) is 0 Å². The molecule has 14 heteroatoms. The maximum atomic E-state index is 15.2. The van der Waals surface area contributed by atoms with E-state index in [1.165, 1.54) is 37.1 Å². The van der Waals surface area contributed by atoms with Crippen LogP contribution in [0.1, 0.15) is 273 Å². The Hall–Kier alpha value is -3.48. The van der Waals surface area contributed by atoms with Gasteiger partial charge in [0.25, 0.3) is 19.7 Å². The summed E-state index contributed by atoms with van der Waals surface area (Å²) < 4.78 is 98.0. The summed E-state index contributed by atoms with van der Waals surface area (Å²) in [4.78, 5) is 2.14. The van der Waals surface area contributed by atoms with Crippen molar-refractivity contribution in [1.82, 2.24) is 0 Å². The zero-order valence-corrected chi connectivity index (χ0v) is 49.9. The Morgan fingerprint density at radius 3 is 0.773 bits per heavy atom. The Bertz CT molecular complexity index is 1900. The van der Waals surface area contributed by atoms with Crippen LogP contribution in [0.2, 0.25) is 0 Å². The van der Waals surface area contributed by atoms with Crippen LogP contribution in [-0.4, -0.2) is 65.6 Å². The second-order valence-corrected chi connectivity index (χ2v) is 24.4. The number of hydrogen-bond donors (Lipinski definition) is 0. The number of hydrogen-bond acceptors (Lipinski definition) is 10. The van der Waals surface area contributed by atoms with Gasteiger partial charge in [0.2, 0.25) is 11.5 Å². The second kappa shape index (κ2) is 43.5. The first-order valence-corrected chi connectivity index (χ1v) is 33.4. The number of sulfone groups is 2. The number of benzene rings is 2. The zero-order valence-electron chi connectivity index (χ0n) is 48.3. The molecule has 0 aliphatic rings. The van der Waals surface area contributed by atoms with Crippen molar-refractivity contribution in [3.63, 3.8) is 0 Å². The van der Waals surface area contributed by atoms with Gasteiger partial charge >= 0.3 is 4.38 Å². The number of rotatable bonds is 50. The zero-order chi connectivity index (χ0) is 54.7. The third-order valence-corrected chi connectivity index (χ3v) is 17.9. The van der Waals surface area contributed by atoms with E-state index < -0.39 is 33.8 Å². The number of ether oxygens (including phenoxy) is 6. The maximum absolute atomic E-state index is 15.2. The fourth-order valence-corrected chi connectivity index (χ4v) is 12.6. The summed E-state index contributed by atoms with van der Waals surface area (Å²) in [6, 6.07) is 5.56. The van der Waals surface area contributed by atoms with Crippen LogP contribution < -0.4 is 28.4 Å². The highest BCUT2D eigenvalue weighted by molar-refractivity contribution is 8.31. The van der Waals surface area contributed by atoms with E-state index in [0.717, 1.165) is 205 Å². The SMILES string of the molecule is CCCCCCCCOc1ccc(S(=O)(=O)C(=[N+]=[N-])S(=O)(=O)c2ccc(OCCCCCCCC)c(OCCCCCCCC)c2OCCCCCCCC)c(OCCCCCCCC)c1OCCCCCCCC. The van der Waals surface area contributed by atoms with E-state index in [1.807, 2.05) is 0 Å². The summed E-state index contributed by atoms with van der Waals surface area (Å²) >= 11 is 0. The largest absolute Gasteiger partial charge is 0.504 e. The molecule has 75 heavy (non-hydrogen) atoms. The molecule has 0 aliphatic heterocycles. The lowest BCUT2D eigenvalue weighted by molar-refractivity contribution is 0.00376. The predicted octanol–water partition coefficient (Wildman–Crippen LogP) is 18.0. The topological polar surface area (TPSA) is 160 Å². The monoisotopic (exact) mass is 1090 g/mol. The number of nitrogens with zero attached hydrogens (tertiary/aromatic N) is 2. The molecule has 0 unspecified atom stereocenters. The molecule has 0 saturated carbocycles. The predicted molar refractivity (Wildman–Crippen MR) is 309 cm³/mol. The highest BCUT2D eigenvalue weighted by Gasteiger charge is 2.48. The van der Waals surface area contributed by atoms with Gasteiger partial charge in [0.1, 0.15) is 9.79 Å². The number of unbranched alkanes of at least 4 members (excludes halogenated alkanes) is 30. The van der Waals surface area contributed by atoms with Crippen molar-refractivity contribution in [3.8, 4) is 34.5 Å². The third-order valence-electron chi connectivity index (χ3n) is 13.7. The van der Waals surface area contributed by atoms with Crippen molar-refractivity contribution in [3.05, 3.63) is 29.8 Å². The van der Waals surface area contributed by atoms with E-state index in [9.17, 15) is 5.53 Å². The van der Waals surface area contributed by atoms with Crippen LogP contribution in [-0.2, 0) is 19.7 Å². The van der Waals surface area contributed by atoms with Gasteiger partial charge in [-0.15, -0.1) is 4.79 Å². The lowest BCUT2D eigenvalue weighted by Gasteiger charge is -2.20. The molecule has 0 spiro atoms. The normalized spacial score (nSPS) is 11.7. The smallest absolute Gasteiger partial charge is 0.490 e. The van der Waals surface area contributed by atoms with Crippen LogP contribution in [0.4, 0.5) is 0 Å². The molecular weight excluding hydrogens is 985 g/mol. The fourth-order valence-electron chi connectivity index (χ4n) is 9.05. The molecule has 0 saturated heterocycles. The van der Waals surface area contributed by atoms with Crippen LogP contribution in [0.25, 0.3) is 5.53 Å². The molecular formula is C61H106N2O10S2. The van der Waals surface area contributed by atoms with E-state index in [2.05, 4.69) is 46.3 Å². The lowest BCUT2D eigenvalue weighted by atomic mass is 10.1. The highest BCUT2D eigenvalue weighted by Crippen LogP contribution is 2.47.